The number of aromatic hydroxyl groups is 1. The summed E-state index contributed by atoms with van der Waals surface area (Å²) < 4.78 is 10.1. The molecule has 0 bridgehead atoms. The number of hydrogen-bond acceptors (Lipinski definition) is 5. The van der Waals surface area contributed by atoms with Crippen molar-refractivity contribution in [3.63, 3.8) is 0 Å². The molecule has 0 fully saturated rings. The minimum atomic E-state index is -0.478. The second kappa shape index (κ2) is 7.51. The van der Waals surface area contributed by atoms with E-state index in [2.05, 4.69) is 10.5 Å². The van der Waals surface area contributed by atoms with E-state index in [4.69, 9.17) is 21.1 Å². The van der Waals surface area contributed by atoms with Gasteiger partial charge in [0.2, 0.25) is 0 Å². The van der Waals surface area contributed by atoms with Crippen LogP contribution in [0.3, 0.4) is 0 Å². The van der Waals surface area contributed by atoms with Crippen molar-refractivity contribution in [2.75, 3.05) is 14.2 Å². The fraction of sp³-hybridized carbons (Fsp3) is 0.125. The number of rotatable bonds is 5. The van der Waals surface area contributed by atoms with Crippen molar-refractivity contribution in [3.8, 4) is 17.2 Å². The van der Waals surface area contributed by atoms with Crippen molar-refractivity contribution in [2.24, 2.45) is 5.10 Å². The molecule has 23 heavy (non-hydrogen) atoms. The molecule has 0 unspecified atom stereocenters. The zero-order valence-corrected chi connectivity index (χ0v) is 13.3. The molecule has 0 aliphatic heterocycles. The lowest BCUT2D eigenvalue weighted by molar-refractivity contribution is 0.0952. The van der Waals surface area contributed by atoms with Gasteiger partial charge in [-0.1, -0.05) is 11.6 Å². The molecular weight excluding hydrogens is 320 g/mol. The number of nitrogens with zero attached hydrogens (tertiary/aromatic N) is 1. The average molecular weight is 335 g/mol. The highest BCUT2D eigenvalue weighted by Gasteiger charge is 2.12. The van der Waals surface area contributed by atoms with Gasteiger partial charge in [0.1, 0.15) is 17.2 Å². The summed E-state index contributed by atoms with van der Waals surface area (Å²) in [7, 11) is 2.96. The number of methoxy groups -OCH3 is 2. The Morgan fingerprint density at radius 2 is 2.00 bits per heavy atom. The number of nitrogens with one attached hydrogen (secondary N) is 1. The lowest BCUT2D eigenvalue weighted by Gasteiger charge is -2.07. The largest absolute Gasteiger partial charge is 0.507 e. The van der Waals surface area contributed by atoms with Crippen molar-refractivity contribution >= 4 is 23.7 Å². The van der Waals surface area contributed by atoms with E-state index in [9.17, 15) is 9.90 Å². The van der Waals surface area contributed by atoms with Crippen LogP contribution in [0.1, 0.15) is 15.9 Å². The predicted octanol–water partition coefficient (Wildman–Crippen LogP) is 2.83. The number of hydrazone groups is 1. The SMILES string of the molecule is COc1ccc(C=NNC(=O)c2cc(Cl)ccc2OC)c(O)c1. The van der Waals surface area contributed by atoms with Crippen LogP contribution < -0.4 is 14.9 Å². The number of amides is 1. The molecule has 1 amide bonds. The minimum Gasteiger partial charge on any atom is -0.507 e. The summed E-state index contributed by atoms with van der Waals surface area (Å²) >= 11 is 5.88. The number of carbonyl (C=O) groups excluding carboxylic acids is 1. The van der Waals surface area contributed by atoms with Crippen LogP contribution in [-0.4, -0.2) is 31.4 Å². The third kappa shape index (κ3) is 4.14. The Kier molecular flexibility index (Phi) is 5.43. The van der Waals surface area contributed by atoms with Gasteiger partial charge in [0.25, 0.3) is 5.91 Å². The van der Waals surface area contributed by atoms with E-state index in [1.54, 1.807) is 24.3 Å². The quantitative estimate of drug-likeness (QED) is 0.651. The van der Waals surface area contributed by atoms with E-state index >= 15 is 0 Å². The van der Waals surface area contributed by atoms with Crippen LogP contribution in [0.2, 0.25) is 5.02 Å². The Bertz CT molecular complexity index is 747. The van der Waals surface area contributed by atoms with E-state index in [0.717, 1.165) is 0 Å². The topological polar surface area (TPSA) is 80.2 Å². The third-order valence-electron chi connectivity index (χ3n) is 3.01. The summed E-state index contributed by atoms with van der Waals surface area (Å²) in [5.41, 5.74) is 3.05. The summed E-state index contributed by atoms with van der Waals surface area (Å²) in [5, 5.41) is 14.0. The fourth-order valence-corrected chi connectivity index (χ4v) is 2.01. The van der Waals surface area contributed by atoms with Crippen LogP contribution in [0.4, 0.5) is 0 Å². The number of phenolic OH excluding ortho intramolecular Hbond substituents is 1. The highest BCUT2D eigenvalue weighted by molar-refractivity contribution is 6.31. The first-order valence-corrected chi connectivity index (χ1v) is 6.97. The lowest BCUT2D eigenvalue weighted by Crippen LogP contribution is -2.18. The Balaban J connectivity index is 2.11. The molecule has 2 rings (SSSR count). The van der Waals surface area contributed by atoms with Crippen LogP contribution in [0.25, 0.3) is 0 Å². The molecular formula is C16H15ClN2O4. The van der Waals surface area contributed by atoms with E-state index in [-0.39, 0.29) is 11.3 Å². The zero-order valence-electron chi connectivity index (χ0n) is 12.5. The summed E-state index contributed by atoms with van der Waals surface area (Å²) in [4.78, 5) is 12.1. The Morgan fingerprint density at radius 3 is 2.65 bits per heavy atom. The Hall–Kier alpha value is -2.73. The second-order valence-corrected chi connectivity index (χ2v) is 4.90. The molecule has 0 atom stereocenters. The molecule has 0 radical (unpaired) electrons. The maximum Gasteiger partial charge on any atom is 0.275 e. The van der Waals surface area contributed by atoms with Gasteiger partial charge in [0.05, 0.1) is 26.0 Å². The minimum absolute atomic E-state index is 0.0114. The first-order chi connectivity index (χ1) is 11.0. The predicted molar refractivity (Wildman–Crippen MR) is 87.7 cm³/mol. The first kappa shape index (κ1) is 16.6. The molecule has 0 saturated carbocycles. The standard InChI is InChI=1S/C16H15ClN2O4/c1-22-12-5-3-10(14(20)8-12)9-18-19-16(21)13-7-11(17)4-6-15(13)23-2/h3-9,20H,1-2H3,(H,19,21). The number of benzene rings is 2. The van der Waals surface area contributed by atoms with Crippen molar-refractivity contribution in [1.82, 2.24) is 5.43 Å². The molecule has 0 heterocycles. The Labute approximate surface area is 138 Å². The van der Waals surface area contributed by atoms with E-state index in [0.29, 0.717) is 22.1 Å². The smallest absolute Gasteiger partial charge is 0.275 e. The monoisotopic (exact) mass is 334 g/mol. The van der Waals surface area contributed by atoms with E-state index < -0.39 is 5.91 Å². The van der Waals surface area contributed by atoms with Gasteiger partial charge < -0.3 is 14.6 Å². The highest BCUT2D eigenvalue weighted by Crippen LogP contribution is 2.23. The molecule has 120 valence electrons. The number of ether oxygens (including phenoxy) is 2. The van der Waals surface area contributed by atoms with Crippen molar-refractivity contribution in [3.05, 3.63) is 52.5 Å². The van der Waals surface area contributed by atoms with Crippen LogP contribution in [0.5, 0.6) is 17.2 Å². The summed E-state index contributed by atoms with van der Waals surface area (Å²) in [6, 6.07) is 9.43. The normalized spacial score (nSPS) is 10.6. The summed E-state index contributed by atoms with van der Waals surface area (Å²) in [6.45, 7) is 0. The molecule has 2 aromatic rings. The average Bonchev–Trinajstić information content (AvgIpc) is 2.56. The molecule has 0 aliphatic carbocycles. The third-order valence-corrected chi connectivity index (χ3v) is 3.25. The van der Waals surface area contributed by atoms with E-state index in [1.165, 1.54) is 32.6 Å². The van der Waals surface area contributed by atoms with Gasteiger partial charge in [0.15, 0.2) is 0 Å². The van der Waals surface area contributed by atoms with Crippen LogP contribution >= 0.6 is 11.6 Å². The molecule has 0 aliphatic rings. The summed E-state index contributed by atoms with van der Waals surface area (Å²) in [6.07, 6.45) is 1.32. The fourth-order valence-electron chi connectivity index (χ4n) is 1.84. The molecule has 6 nitrogen and oxygen atoms in total. The number of phenols is 1. The maximum atomic E-state index is 12.1. The van der Waals surface area contributed by atoms with Crippen LogP contribution in [0.15, 0.2) is 41.5 Å². The van der Waals surface area contributed by atoms with Gasteiger partial charge in [-0.3, -0.25) is 4.79 Å². The number of halogens is 1. The zero-order chi connectivity index (χ0) is 16.8. The maximum absolute atomic E-state index is 12.1. The van der Waals surface area contributed by atoms with Crippen molar-refractivity contribution in [1.29, 1.82) is 0 Å². The summed E-state index contributed by atoms with van der Waals surface area (Å²) in [5.74, 6) is 0.415. The molecule has 7 heteroatoms. The van der Waals surface area contributed by atoms with Crippen LogP contribution in [-0.2, 0) is 0 Å². The van der Waals surface area contributed by atoms with Gasteiger partial charge in [-0.2, -0.15) is 5.10 Å². The van der Waals surface area contributed by atoms with Gasteiger partial charge in [0, 0.05) is 16.7 Å². The first-order valence-electron chi connectivity index (χ1n) is 6.59. The highest BCUT2D eigenvalue weighted by atomic mass is 35.5. The van der Waals surface area contributed by atoms with E-state index in [1.807, 2.05) is 0 Å². The van der Waals surface area contributed by atoms with Crippen LogP contribution in [0, 0.1) is 0 Å². The van der Waals surface area contributed by atoms with Crippen molar-refractivity contribution < 1.29 is 19.4 Å². The van der Waals surface area contributed by atoms with Gasteiger partial charge in [-0.15, -0.1) is 0 Å². The molecule has 0 saturated heterocycles. The van der Waals surface area contributed by atoms with Gasteiger partial charge in [-0.05, 0) is 30.3 Å². The second-order valence-electron chi connectivity index (χ2n) is 4.47. The number of hydrogen-bond donors (Lipinski definition) is 2. The molecule has 2 aromatic carbocycles. The lowest BCUT2D eigenvalue weighted by atomic mass is 10.2. The van der Waals surface area contributed by atoms with Gasteiger partial charge in [-0.25, -0.2) is 5.43 Å². The molecule has 2 N–H and O–H groups in total. The van der Waals surface area contributed by atoms with Gasteiger partial charge >= 0.3 is 0 Å². The van der Waals surface area contributed by atoms with Crippen molar-refractivity contribution in [2.45, 2.75) is 0 Å². The Morgan fingerprint density at radius 1 is 1.22 bits per heavy atom. The molecule has 0 spiro atoms. The molecule has 0 aromatic heterocycles. The number of carbonyl (C=O) groups is 1.